The van der Waals surface area contributed by atoms with Gasteiger partial charge >= 0.3 is 5.97 Å². The Bertz CT molecular complexity index is 185. The third-order valence-corrected chi connectivity index (χ3v) is 2.07. The summed E-state index contributed by atoms with van der Waals surface area (Å²) in [5, 5.41) is 17.2. The Kier molecular flexibility index (Phi) is 6.24. The Morgan fingerprint density at radius 3 is 2.54 bits per heavy atom. The Morgan fingerprint density at radius 2 is 2.08 bits per heavy atom. The lowest BCUT2D eigenvalue weighted by atomic mass is 10.0. The van der Waals surface area contributed by atoms with E-state index in [1.54, 1.807) is 13.0 Å². The summed E-state index contributed by atoms with van der Waals surface area (Å²) in [6.07, 6.45) is 4.24. The first-order valence-electron chi connectivity index (χ1n) is 4.58. The maximum absolute atomic E-state index is 10.4. The molecule has 0 rings (SSSR count). The first-order valence-corrected chi connectivity index (χ1v) is 4.58. The van der Waals surface area contributed by atoms with Gasteiger partial charge in [-0.1, -0.05) is 13.0 Å². The van der Waals surface area contributed by atoms with Crippen LogP contribution in [0.1, 0.15) is 33.1 Å². The van der Waals surface area contributed by atoms with Crippen molar-refractivity contribution in [1.82, 2.24) is 0 Å². The lowest BCUT2D eigenvalue weighted by molar-refractivity contribution is -0.132. The molecule has 3 heteroatoms. The van der Waals surface area contributed by atoms with E-state index in [4.69, 9.17) is 10.2 Å². The summed E-state index contributed by atoms with van der Waals surface area (Å²) in [6.45, 7) is 3.86. The molecule has 0 fully saturated rings. The first-order chi connectivity index (χ1) is 6.07. The number of allylic oxidation sites excluding steroid dienone is 1. The molecule has 0 bridgehead atoms. The molecule has 1 atom stereocenters. The van der Waals surface area contributed by atoms with E-state index in [9.17, 15) is 4.79 Å². The molecule has 0 aromatic carbocycles. The molecule has 2 N–H and O–H groups in total. The standard InChI is InChI=1S/C10H18O3/c1-8(6-7-11)4-3-5-9(2)10(12)13/h5,8,11H,3-4,6-7H2,1-2H3,(H,12,13)/b9-5+. The topological polar surface area (TPSA) is 57.5 Å². The molecule has 13 heavy (non-hydrogen) atoms. The van der Waals surface area contributed by atoms with Crippen molar-refractivity contribution in [1.29, 1.82) is 0 Å². The molecule has 0 aromatic rings. The van der Waals surface area contributed by atoms with E-state index in [0.29, 0.717) is 11.5 Å². The average Bonchev–Trinajstić information content (AvgIpc) is 2.04. The Balaban J connectivity index is 3.65. The number of hydrogen-bond acceptors (Lipinski definition) is 2. The summed E-state index contributed by atoms with van der Waals surface area (Å²) in [7, 11) is 0. The summed E-state index contributed by atoms with van der Waals surface area (Å²) in [5.41, 5.74) is 0.399. The second kappa shape index (κ2) is 6.66. The second-order valence-corrected chi connectivity index (χ2v) is 3.39. The molecule has 0 aliphatic rings. The fraction of sp³-hybridized carbons (Fsp3) is 0.700. The van der Waals surface area contributed by atoms with Crippen LogP contribution < -0.4 is 0 Å². The number of aliphatic hydroxyl groups excluding tert-OH is 1. The molecular weight excluding hydrogens is 168 g/mol. The van der Waals surface area contributed by atoms with Gasteiger partial charge in [-0.15, -0.1) is 0 Å². The maximum Gasteiger partial charge on any atom is 0.330 e. The molecule has 0 aliphatic heterocycles. The van der Waals surface area contributed by atoms with Crippen molar-refractivity contribution in [2.24, 2.45) is 5.92 Å². The van der Waals surface area contributed by atoms with Crippen LogP contribution in [0.5, 0.6) is 0 Å². The molecule has 0 saturated carbocycles. The van der Waals surface area contributed by atoms with E-state index in [-0.39, 0.29) is 6.61 Å². The van der Waals surface area contributed by atoms with Gasteiger partial charge in [0, 0.05) is 12.2 Å². The zero-order valence-electron chi connectivity index (χ0n) is 8.29. The van der Waals surface area contributed by atoms with Crippen LogP contribution in [0.3, 0.4) is 0 Å². The van der Waals surface area contributed by atoms with Gasteiger partial charge in [0.25, 0.3) is 0 Å². The quantitative estimate of drug-likeness (QED) is 0.622. The van der Waals surface area contributed by atoms with Crippen molar-refractivity contribution >= 4 is 5.97 Å². The highest BCUT2D eigenvalue weighted by Gasteiger charge is 2.01. The van der Waals surface area contributed by atoms with Crippen molar-refractivity contribution in [3.05, 3.63) is 11.6 Å². The molecule has 0 saturated heterocycles. The molecule has 0 radical (unpaired) electrons. The zero-order valence-corrected chi connectivity index (χ0v) is 8.29. The van der Waals surface area contributed by atoms with Crippen molar-refractivity contribution < 1.29 is 15.0 Å². The average molecular weight is 186 g/mol. The van der Waals surface area contributed by atoms with Gasteiger partial charge in [0.1, 0.15) is 0 Å². The van der Waals surface area contributed by atoms with Crippen LogP contribution in [0.2, 0.25) is 0 Å². The lowest BCUT2D eigenvalue weighted by Crippen LogP contribution is -1.99. The number of hydrogen-bond donors (Lipinski definition) is 2. The third kappa shape index (κ3) is 6.34. The van der Waals surface area contributed by atoms with Crippen molar-refractivity contribution in [2.45, 2.75) is 33.1 Å². The molecule has 0 amide bonds. The zero-order chi connectivity index (χ0) is 10.3. The van der Waals surface area contributed by atoms with E-state index in [2.05, 4.69) is 6.92 Å². The van der Waals surface area contributed by atoms with Gasteiger partial charge in [0.05, 0.1) is 0 Å². The summed E-state index contributed by atoms with van der Waals surface area (Å²) < 4.78 is 0. The van der Waals surface area contributed by atoms with E-state index >= 15 is 0 Å². The summed E-state index contributed by atoms with van der Waals surface area (Å²) in [5.74, 6) is -0.391. The van der Waals surface area contributed by atoms with E-state index in [1.807, 2.05) is 0 Å². The molecule has 3 nitrogen and oxygen atoms in total. The van der Waals surface area contributed by atoms with Crippen LogP contribution >= 0.6 is 0 Å². The van der Waals surface area contributed by atoms with Crippen LogP contribution in [0.25, 0.3) is 0 Å². The SMILES string of the molecule is C/C(=C\CCC(C)CCO)C(=O)O. The van der Waals surface area contributed by atoms with Crippen LogP contribution in [-0.2, 0) is 4.79 Å². The third-order valence-electron chi connectivity index (χ3n) is 2.07. The van der Waals surface area contributed by atoms with Crippen molar-refractivity contribution in [3.63, 3.8) is 0 Å². The maximum atomic E-state index is 10.4. The number of carbonyl (C=O) groups is 1. The highest BCUT2D eigenvalue weighted by Crippen LogP contribution is 2.10. The van der Waals surface area contributed by atoms with Crippen LogP contribution in [0, 0.1) is 5.92 Å². The minimum Gasteiger partial charge on any atom is -0.478 e. The second-order valence-electron chi connectivity index (χ2n) is 3.39. The minimum atomic E-state index is -0.852. The highest BCUT2D eigenvalue weighted by molar-refractivity contribution is 5.85. The van der Waals surface area contributed by atoms with Crippen LogP contribution in [0.4, 0.5) is 0 Å². The molecule has 0 aliphatic carbocycles. The Hall–Kier alpha value is -0.830. The van der Waals surface area contributed by atoms with Crippen molar-refractivity contribution in [3.8, 4) is 0 Å². The largest absolute Gasteiger partial charge is 0.478 e. The lowest BCUT2D eigenvalue weighted by Gasteiger charge is -2.06. The van der Waals surface area contributed by atoms with Crippen LogP contribution in [0.15, 0.2) is 11.6 Å². The van der Waals surface area contributed by atoms with Crippen LogP contribution in [-0.4, -0.2) is 22.8 Å². The number of rotatable bonds is 6. The molecular formula is C10H18O3. The number of aliphatic carboxylic acids is 1. The normalized spacial score (nSPS) is 14.2. The fourth-order valence-electron chi connectivity index (χ4n) is 1.04. The van der Waals surface area contributed by atoms with Gasteiger partial charge < -0.3 is 10.2 Å². The number of aliphatic hydroxyl groups is 1. The Labute approximate surface area is 79.1 Å². The summed E-state index contributed by atoms with van der Waals surface area (Å²) in [4.78, 5) is 10.4. The van der Waals surface area contributed by atoms with Gasteiger partial charge in [0.2, 0.25) is 0 Å². The van der Waals surface area contributed by atoms with E-state index in [0.717, 1.165) is 19.3 Å². The molecule has 0 heterocycles. The number of carboxylic acid groups (broad SMARTS) is 1. The van der Waals surface area contributed by atoms with Gasteiger partial charge in [-0.3, -0.25) is 0 Å². The molecule has 0 spiro atoms. The van der Waals surface area contributed by atoms with Gasteiger partial charge in [-0.05, 0) is 32.1 Å². The van der Waals surface area contributed by atoms with E-state index in [1.165, 1.54) is 0 Å². The summed E-state index contributed by atoms with van der Waals surface area (Å²) in [6, 6.07) is 0. The minimum absolute atomic E-state index is 0.211. The van der Waals surface area contributed by atoms with Gasteiger partial charge in [-0.2, -0.15) is 0 Å². The smallest absolute Gasteiger partial charge is 0.330 e. The molecule has 1 unspecified atom stereocenters. The predicted molar refractivity (Wildman–Crippen MR) is 51.5 cm³/mol. The van der Waals surface area contributed by atoms with Crippen molar-refractivity contribution in [2.75, 3.05) is 6.61 Å². The van der Waals surface area contributed by atoms with E-state index < -0.39 is 5.97 Å². The molecule has 76 valence electrons. The number of carboxylic acids is 1. The highest BCUT2D eigenvalue weighted by atomic mass is 16.4. The Morgan fingerprint density at radius 1 is 1.46 bits per heavy atom. The van der Waals surface area contributed by atoms with Gasteiger partial charge in [0.15, 0.2) is 0 Å². The summed E-state index contributed by atoms with van der Waals surface area (Å²) >= 11 is 0. The first kappa shape index (κ1) is 12.2. The monoisotopic (exact) mass is 186 g/mol. The van der Waals surface area contributed by atoms with Gasteiger partial charge in [-0.25, -0.2) is 4.79 Å². The fourth-order valence-corrected chi connectivity index (χ4v) is 1.04. The predicted octanol–water partition coefficient (Wildman–Crippen LogP) is 1.82. The molecule has 0 aromatic heterocycles.